The molecular formula is C16H23ClN2O4S2. The van der Waals surface area contributed by atoms with Gasteiger partial charge in [0, 0.05) is 25.4 Å². The first-order valence-electron chi connectivity index (χ1n) is 8.43. The van der Waals surface area contributed by atoms with Crippen LogP contribution in [0.15, 0.2) is 28.0 Å². The van der Waals surface area contributed by atoms with Gasteiger partial charge in [0.25, 0.3) is 0 Å². The highest BCUT2D eigenvalue weighted by molar-refractivity contribution is 7.91. The highest BCUT2D eigenvalue weighted by atomic mass is 35.5. The van der Waals surface area contributed by atoms with Crippen molar-refractivity contribution in [1.82, 2.24) is 9.21 Å². The summed E-state index contributed by atoms with van der Waals surface area (Å²) in [4.78, 5) is 2.14. The van der Waals surface area contributed by atoms with E-state index in [1.54, 1.807) is 0 Å². The molecule has 0 aliphatic carbocycles. The first kappa shape index (κ1) is 19.1. The van der Waals surface area contributed by atoms with Gasteiger partial charge in [-0.25, -0.2) is 16.8 Å². The Hall–Kier alpha value is -0.670. The van der Waals surface area contributed by atoms with Gasteiger partial charge in [0.05, 0.1) is 9.92 Å². The van der Waals surface area contributed by atoms with Gasteiger partial charge in [0.15, 0.2) is 9.84 Å². The molecule has 2 aliphatic heterocycles. The molecule has 0 bridgehead atoms. The number of halogens is 1. The summed E-state index contributed by atoms with van der Waals surface area (Å²) in [5.41, 5.74) is 0. The van der Waals surface area contributed by atoms with Gasteiger partial charge in [-0.3, -0.25) is 0 Å². The predicted octanol–water partition coefficient (Wildman–Crippen LogP) is 1.99. The lowest BCUT2D eigenvalue weighted by molar-refractivity contribution is 0.257. The number of sulfone groups is 1. The second-order valence-corrected chi connectivity index (χ2v) is 11.1. The molecule has 0 unspecified atom stereocenters. The van der Waals surface area contributed by atoms with Crippen LogP contribution in [0.5, 0.6) is 0 Å². The molecule has 1 atom stereocenters. The van der Waals surface area contributed by atoms with Crippen LogP contribution in [0.25, 0.3) is 0 Å². The van der Waals surface area contributed by atoms with Gasteiger partial charge in [0.2, 0.25) is 10.0 Å². The maximum Gasteiger partial charge on any atom is 0.244 e. The Morgan fingerprint density at radius 3 is 2.40 bits per heavy atom. The Kier molecular flexibility index (Phi) is 5.46. The molecule has 0 saturated carbocycles. The summed E-state index contributed by atoms with van der Waals surface area (Å²) >= 11 is 6.12. The zero-order valence-corrected chi connectivity index (χ0v) is 16.6. The molecule has 0 aromatic heterocycles. The molecule has 2 saturated heterocycles. The van der Waals surface area contributed by atoms with Crippen LogP contribution < -0.4 is 0 Å². The Bertz CT molecular complexity index is 849. The van der Waals surface area contributed by atoms with Crippen molar-refractivity contribution in [1.29, 1.82) is 0 Å². The van der Waals surface area contributed by atoms with Crippen LogP contribution in [-0.4, -0.2) is 64.5 Å². The highest BCUT2D eigenvalue weighted by Gasteiger charge is 2.37. The second kappa shape index (κ2) is 7.15. The molecule has 1 aromatic carbocycles. The normalized spacial score (nSPS) is 23.4. The van der Waals surface area contributed by atoms with E-state index in [2.05, 4.69) is 4.90 Å². The molecule has 6 nitrogen and oxygen atoms in total. The van der Waals surface area contributed by atoms with E-state index < -0.39 is 19.9 Å². The first-order chi connectivity index (χ1) is 11.7. The van der Waals surface area contributed by atoms with Crippen LogP contribution >= 0.6 is 11.6 Å². The Morgan fingerprint density at radius 2 is 1.76 bits per heavy atom. The van der Waals surface area contributed by atoms with E-state index in [0.717, 1.165) is 51.6 Å². The summed E-state index contributed by atoms with van der Waals surface area (Å²) in [6.07, 6.45) is 4.99. The summed E-state index contributed by atoms with van der Waals surface area (Å²) < 4.78 is 51.4. The Balaban J connectivity index is 1.92. The third-order valence-corrected chi connectivity index (χ3v) is 8.45. The fourth-order valence-corrected chi connectivity index (χ4v) is 6.52. The lowest BCUT2D eigenvalue weighted by Crippen LogP contribution is -2.42. The van der Waals surface area contributed by atoms with Crippen molar-refractivity contribution in [2.45, 2.75) is 41.5 Å². The molecule has 2 fully saturated rings. The van der Waals surface area contributed by atoms with Crippen molar-refractivity contribution in [3.8, 4) is 0 Å². The molecule has 1 aromatic rings. The standard InChI is InChI=1S/C16H23ClN2O4S2/c1-24(20,21)14-6-7-15(17)16(11-14)25(22,23)19-10-4-5-13(19)12-18-8-2-3-9-18/h6-7,11,13H,2-5,8-10,12H2,1H3/t13-/m0/s1. The van der Waals surface area contributed by atoms with Crippen LogP contribution in [0.4, 0.5) is 0 Å². The van der Waals surface area contributed by atoms with Crippen molar-refractivity contribution in [2.24, 2.45) is 0 Å². The minimum Gasteiger partial charge on any atom is -0.302 e. The van der Waals surface area contributed by atoms with E-state index in [9.17, 15) is 16.8 Å². The van der Waals surface area contributed by atoms with Crippen LogP contribution in [0.3, 0.4) is 0 Å². The Morgan fingerprint density at radius 1 is 1.08 bits per heavy atom. The summed E-state index contributed by atoms with van der Waals surface area (Å²) in [7, 11) is -7.34. The van der Waals surface area contributed by atoms with Crippen LogP contribution in [0, 0.1) is 0 Å². The molecule has 0 spiro atoms. The van der Waals surface area contributed by atoms with Gasteiger partial charge in [-0.15, -0.1) is 0 Å². The molecule has 0 amide bonds. The predicted molar refractivity (Wildman–Crippen MR) is 97.1 cm³/mol. The van der Waals surface area contributed by atoms with E-state index in [0.29, 0.717) is 6.54 Å². The molecular weight excluding hydrogens is 384 g/mol. The van der Waals surface area contributed by atoms with Gasteiger partial charge in [-0.2, -0.15) is 4.31 Å². The maximum absolute atomic E-state index is 13.1. The van der Waals surface area contributed by atoms with Crippen molar-refractivity contribution < 1.29 is 16.8 Å². The molecule has 2 aliphatic rings. The smallest absolute Gasteiger partial charge is 0.244 e. The first-order valence-corrected chi connectivity index (χ1v) is 12.1. The van der Waals surface area contributed by atoms with E-state index in [-0.39, 0.29) is 20.9 Å². The minimum absolute atomic E-state index is 0.0363. The summed E-state index contributed by atoms with van der Waals surface area (Å²) in [5, 5.41) is 0.0548. The molecule has 140 valence electrons. The summed E-state index contributed by atoms with van der Waals surface area (Å²) in [6.45, 7) is 3.19. The fourth-order valence-electron chi connectivity index (χ4n) is 3.61. The zero-order valence-electron chi connectivity index (χ0n) is 14.2. The van der Waals surface area contributed by atoms with E-state index in [4.69, 9.17) is 11.6 Å². The lowest BCUT2D eigenvalue weighted by atomic mass is 10.2. The van der Waals surface area contributed by atoms with Crippen LogP contribution in [-0.2, 0) is 19.9 Å². The molecule has 3 rings (SSSR count). The quantitative estimate of drug-likeness (QED) is 0.747. The topological polar surface area (TPSA) is 74.8 Å². The SMILES string of the molecule is CS(=O)(=O)c1ccc(Cl)c(S(=O)(=O)N2CCC[C@H]2CN2CCCC2)c1. The number of likely N-dealkylation sites (tertiary alicyclic amines) is 1. The molecule has 25 heavy (non-hydrogen) atoms. The third kappa shape index (κ3) is 4.03. The fraction of sp³-hybridized carbons (Fsp3) is 0.625. The molecule has 9 heteroatoms. The zero-order chi connectivity index (χ0) is 18.2. The number of rotatable bonds is 5. The number of hydrogen-bond donors (Lipinski definition) is 0. The lowest BCUT2D eigenvalue weighted by Gasteiger charge is -2.28. The molecule has 0 N–H and O–H groups in total. The van der Waals surface area contributed by atoms with Gasteiger partial charge in [-0.1, -0.05) is 11.6 Å². The number of hydrogen-bond acceptors (Lipinski definition) is 5. The highest BCUT2D eigenvalue weighted by Crippen LogP contribution is 2.32. The maximum atomic E-state index is 13.1. The van der Waals surface area contributed by atoms with Crippen molar-refractivity contribution in [2.75, 3.05) is 32.4 Å². The molecule has 0 radical (unpaired) electrons. The number of nitrogens with zero attached hydrogens (tertiary/aromatic N) is 2. The second-order valence-electron chi connectivity index (χ2n) is 6.78. The molecule has 2 heterocycles. The van der Waals surface area contributed by atoms with Gasteiger partial charge < -0.3 is 4.90 Å². The van der Waals surface area contributed by atoms with Crippen molar-refractivity contribution >= 4 is 31.5 Å². The van der Waals surface area contributed by atoms with E-state index >= 15 is 0 Å². The average molecular weight is 407 g/mol. The monoisotopic (exact) mass is 406 g/mol. The van der Waals surface area contributed by atoms with Crippen molar-refractivity contribution in [3.05, 3.63) is 23.2 Å². The number of sulfonamides is 1. The van der Waals surface area contributed by atoms with Crippen LogP contribution in [0.2, 0.25) is 5.02 Å². The van der Waals surface area contributed by atoms with Crippen molar-refractivity contribution in [3.63, 3.8) is 0 Å². The minimum atomic E-state index is -3.83. The van der Waals surface area contributed by atoms with Crippen LogP contribution in [0.1, 0.15) is 25.7 Å². The van der Waals surface area contributed by atoms with E-state index in [1.807, 2.05) is 0 Å². The third-order valence-electron chi connectivity index (χ3n) is 4.91. The average Bonchev–Trinajstić information content (AvgIpc) is 3.18. The Labute approximate surface area is 154 Å². The largest absolute Gasteiger partial charge is 0.302 e. The van der Waals surface area contributed by atoms with E-state index in [1.165, 1.54) is 22.5 Å². The van der Waals surface area contributed by atoms with Gasteiger partial charge >= 0.3 is 0 Å². The number of benzene rings is 1. The summed E-state index contributed by atoms with van der Waals surface area (Å²) in [5.74, 6) is 0. The van der Waals surface area contributed by atoms with Gasteiger partial charge in [0.1, 0.15) is 4.90 Å². The van der Waals surface area contributed by atoms with Gasteiger partial charge in [-0.05, 0) is 57.0 Å². The summed E-state index contributed by atoms with van der Waals surface area (Å²) in [6, 6.07) is 3.78.